The van der Waals surface area contributed by atoms with Gasteiger partial charge in [0.05, 0.1) is 6.54 Å². The maximum atomic E-state index is 12.5. The van der Waals surface area contributed by atoms with Crippen LogP contribution in [0.25, 0.3) is 0 Å². The Balaban J connectivity index is 2.40. The SMILES string of the molecule is CCN(CC)CCNC(=NC)NCc1nc(C(F)(F)F)cs1. The van der Waals surface area contributed by atoms with E-state index in [4.69, 9.17) is 0 Å². The van der Waals surface area contributed by atoms with Crippen LogP contribution in [-0.4, -0.2) is 49.1 Å². The van der Waals surface area contributed by atoms with Crippen molar-refractivity contribution in [1.29, 1.82) is 0 Å². The number of thiazole rings is 1. The number of likely N-dealkylation sites (N-methyl/N-ethyl adjacent to an activating group) is 1. The van der Waals surface area contributed by atoms with Gasteiger partial charge in [-0.25, -0.2) is 4.98 Å². The zero-order valence-corrected chi connectivity index (χ0v) is 13.8. The summed E-state index contributed by atoms with van der Waals surface area (Å²) in [7, 11) is 1.62. The molecule has 0 radical (unpaired) electrons. The van der Waals surface area contributed by atoms with Crippen molar-refractivity contribution >= 4 is 17.3 Å². The number of alkyl halides is 3. The van der Waals surface area contributed by atoms with E-state index in [9.17, 15) is 13.2 Å². The first kappa shape index (κ1) is 18.7. The monoisotopic (exact) mass is 337 g/mol. The van der Waals surface area contributed by atoms with E-state index in [0.29, 0.717) is 17.5 Å². The zero-order valence-electron chi connectivity index (χ0n) is 13.0. The molecule has 0 aliphatic rings. The first-order chi connectivity index (χ1) is 10.4. The van der Waals surface area contributed by atoms with Crippen molar-refractivity contribution in [3.8, 4) is 0 Å². The first-order valence-corrected chi connectivity index (χ1v) is 7.97. The van der Waals surface area contributed by atoms with Gasteiger partial charge in [-0.05, 0) is 13.1 Å². The van der Waals surface area contributed by atoms with Gasteiger partial charge < -0.3 is 15.5 Å². The fraction of sp³-hybridized carbons (Fsp3) is 0.692. The Hall–Kier alpha value is -1.35. The summed E-state index contributed by atoms with van der Waals surface area (Å²) in [5, 5.41) is 7.48. The summed E-state index contributed by atoms with van der Waals surface area (Å²) in [5.74, 6) is 0.552. The predicted octanol–water partition coefficient (Wildman–Crippen LogP) is 2.17. The van der Waals surface area contributed by atoms with Crippen LogP contribution in [0.5, 0.6) is 0 Å². The highest BCUT2D eigenvalue weighted by atomic mass is 32.1. The van der Waals surface area contributed by atoms with Crippen LogP contribution in [0.4, 0.5) is 13.2 Å². The lowest BCUT2D eigenvalue weighted by Gasteiger charge is -2.19. The van der Waals surface area contributed by atoms with E-state index in [-0.39, 0.29) is 6.54 Å². The number of aromatic nitrogens is 1. The minimum atomic E-state index is -4.39. The van der Waals surface area contributed by atoms with Crippen LogP contribution >= 0.6 is 11.3 Å². The highest BCUT2D eigenvalue weighted by Crippen LogP contribution is 2.29. The largest absolute Gasteiger partial charge is 0.434 e. The van der Waals surface area contributed by atoms with Crippen LogP contribution in [0.3, 0.4) is 0 Å². The summed E-state index contributed by atoms with van der Waals surface area (Å²) >= 11 is 0.980. The summed E-state index contributed by atoms with van der Waals surface area (Å²) in [6.07, 6.45) is -4.39. The quantitative estimate of drug-likeness (QED) is 0.591. The third kappa shape index (κ3) is 6.18. The molecule has 0 aliphatic carbocycles. The Morgan fingerprint density at radius 3 is 2.50 bits per heavy atom. The summed E-state index contributed by atoms with van der Waals surface area (Å²) in [6, 6.07) is 0. The van der Waals surface area contributed by atoms with Crippen molar-refractivity contribution < 1.29 is 13.2 Å². The number of nitrogens with zero attached hydrogens (tertiary/aromatic N) is 3. The van der Waals surface area contributed by atoms with Gasteiger partial charge >= 0.3 is 6.18 Å². The van der Waals surface area contributed by atoms with Gasteiger partial charge in [0, 0.05) is 25.5 Å². The molecule has 1 heterocycles. The number of halogens is 3. The molecule has 0 unspecified atom stereocenters. The molecule has 22 heavy (non-hydrogen) atoms. The first-order valence-electron chi connectivity index (χ1n) is 7.09. The maximum Gasteiger partial charge on any atom is 0.434 e. The van der Waals surface area contributed by atoms with E-state index in [1.807, 2.05) is 0 Å². The van der Waals surface area contributed by atoms with E-state index in [1.54, 1.807) is 7.05 Å². The molecule has 0 amide bonds. The van der Waals surface area contributed by atoms with Gasteiger partial charge in [0.25, 0.3) is 0 Å². The third-order valence-electron chi connectivity index (χ3n) is 3.09. The molecule has 0 spiro atoms. The van der Waals surface area contributed by atoms with Gasteiger partial charge in [-0.3, -0.25) is 4.99 Å². The van der Waals surface area contributed by atoms with E-state index in [0.717, 1.165) is 36.4 Å². The van der Waals surface area contributed by atoms with Crippen LogP contribution < -0.4 is 10.6 Å². The summed E-state index contributed by atoms with van der Waals surface area (Å²) in [4.78, 5) is 9.86. The molecule has 1 rings (SSSR count). The Bertz CT molecular complexity index is 468. The molecule has 0 bridgehead atoms. The molecule has 1 aromatic rings. The Kier molecular flexibility index (Phi) is 7.60. The van der Waals surface area contributed by atoms with Crippen molar-refractivity contribution in [2.45, 2.75) is 26.6 Å². The van der Waals surface area contributed by atoms with Gasteiger partial charge in [-0.2, -0.15) is 13.2 Å². The van der Waals surface area contributed by atoms with E-state index >= 15 is 0 Å². The fourth-order valence-electron chi connectivity index (χ4n) is 1.77. The van der Waals surface area contributed by atoms with Crippen molar-refractivity contribution in [1.82, 2.24) is 20.5 Å². The molecular formula is C13H22F3N5S. The molecule has 0 atom stereocenters. The average molecular weight is 337 g/mol. The lowest BCUT2D eigenvalue weighted by Crippen LogP contribution is -2.41. The minimum absolute atomic E-state index is 0.214. The van der Waals surface area contributed by atoms with Gasteiger partial charge in [-0.1, -0.05) is 13.8 Å². The number of hydrogen-bond donors (Lipinski definition) is 2. The fourth-order valence-corrected chi connectivity index (χ4v) is 2.52. The normalized spacial score (nSPS) is 12.8. The summed E-state index contributed by atoms with van der Waals surface area (Å²) in [5.41, 5.74) is -0.848. The van der Waals surface area contributed by atoms with Gasteiger partial charge in [0.2, 0.25) is 0 Å². The van der Waals surface area contributed by atoms with Crippen LogP contribution in [0.15, 0.2) is 10.4 Å². The van der Waals surface area contributed by atoms with Crippen LogP contribution in [-0.2, 0) is 12.7 Å². The highest BCUT2D eigenvalue weighted by molar-refractivity contribution is 7.09. The molecule has 0 saturated carbocycles. The molecule has 0 saturated heterocycles. The van der Waals surface area contributed by atoms with Crippen LogP contribution in [0.2, 0.25) is 0 Å². The van der Waals surface area contributed by atoms with Crippen molar-refractivity contribution in [2.75, 3.05) is 33.2 Å². The molecule has 1 aromatic heterocycles. The second-order valence-electron chi connectivity index (χ2n) is 4.50. The van der Waals surface area contributed by atoms with Crippen LogP contribution in [0.1, 0.15) is 24.5 Å². The Morgan fingerprint density at radius 2 is 2.00 bits per heavy atom. The molecule has 2 N–H and O–H groups in total. The molecule has 9 heteroatoms. The van der Waals surface area contributed by atoms with E-state index < -0.39 is 11.9 Å². The molecule has 126 valence electrons. The summed E-state index contributed by atoms with van der Waals surface area (Å²) in [6.45, 7) is 7.95. The molecular weight excluding hydrogens is 315 g/mol. The third-order valence-corrected chi connectivity index (χ3v) is 3.94. The lowest BCUT2D eigenvalue weighted by molar-refractivity contribution is -0.140. The number of rotatable bonds is 7. The second kappa shape index (κ2) is 8.94. The zero-order chi connectivity index (χ0) is 16.6. The lowest BCUT2D eigenvalue weighted by atomic mass is 10.4. The van der Waals surface area contributed by atoms with E-state index in [1.165, 1.54) is 0 Å². The van der Waals surface area contributed by atoms with Crippen molar-refractivity contribution in [3.63, 3.8) is 0 Å². The number of guanidine groups is 1. The number of aliphatic imine (C=N–C) groups is 1. The predicted molar refractivity (Wildman–Crippen MR) is 83.1 cm³/mol. The summed E-state index contributed by atoms with van der Waals surface area (Å²) < 4.78 is 37.4. The van der Waals surface area contributed by atoms with Gasteiger partial charge in [0.15, 0.2) is 11.7 Å². The molecule has 0 aliphatic heterocycles. The van der Waals surface area contributed by atoms with Crippen LogP contribution in [0, 0.1) is 0 Å². The average Bonchev–Trinajstić information content (AvgIpc) is 2.96. The standard InChI is InChI=1S/C13H22F3N5S/c1-4-21(5-2)7-6-18-12(17-3)19-8-11-20-10(9-22-11)13(14,15)16/h9H,4-8H2,1-3H3,(H2,17,18,19). The van der Waals surface area contributed by atoms with Crippen molar-refractivity contribution in [2.24, 2.45) is 4.99 Å². The van der Waals surface area contributed by atoms with Gasteiger partial charge in [-0.15, -0.1) is 11.3 Å². The topological polar surface area (TPSA) is 52.5 Å². The molecule has 5 nitrogen and oxygen atoms in total. The second-order valence-corrected chi connectivity index (χ2v) is 5.45. The maximum absolute atomic E-state index is 12.5. The smallest absolute Gasteiger partial charge is 0.355 e. The Labute approximate surface area is 132 Å². The Morgan fingerprint density at radius 1 is 1.32 bits per heavy atom. The highest BCUT2D eigenvalue weighted by Gasteiger charge is 2.33. The molecule has 0 aromatic carbocycles. The number of hydrogen-bond acceptors (Lipinski definition) is 4. The van der Waals surface area contributed by atoms with Crippen molar-refractivity contribution in [3.05, 3.63) is 16.1 Å². The van der Waals surface area contributed by atoms with E-state index in [2.05, 4.69) is 39.4 Å². The minimum Gasteiger partial charge on any atom is -0.355 e. The molecule has 0 fully saturated rings. The number of nitrogens with one attached hydrogen (secondary N) is 2. The van der Waals surface area contributed by atoms with Gasteiger partial charge in [0.1, 0.15) is 5.01 Å².